The van der Waals surface area contributed by atoms with Crippen LogP contribution in [0.3, 0.4) is 0 Å². The van der Waals surface area contributed by atoms with Gasteiger partial charge in [-0.2, -0.15) is 0 Å². The number of nitrogens with zero attached hydrogens (tertiary/aromatic N) is 2. The summed E-state index contributed by atoms with van der Waals surface area (Å²) in [6.45, 7) is 5.37. The van der Waals surface area contributed by atoms with E-state index >= 15 is 0 Å². The van der Waals surface area contributed by atoms with Gasteiger partial charge in [-0.1, -0.05) is 32.0 Å². The summed E-state index contributed by atoms with van der Waals surface area (Å²) in [6, 6.07) is 10.5. The van der Waals surface area contributed by atoms with Gasteiger partial charge < -0.3 is 10.2 Å². The molecule has 1 amide bonds. The Morgan fingerprint density at radius 3 is 2.88 bits per heavy atom. The number of para-hydroxylation sites is 1. The zero-order valence-corrected chi connectivity index (χ0v) is 15.2. The first-order valence-electron chi connectivity index (χ1n) is 9.33. The van der Waals surface area contributed by atoms with Gasteiger partial charge in [-0.3, -0.25) is 9.78 Å². The minimum Gasteiger partial charge on any atom is -0.367 e. The molecule has 1 atom stereocenters. The number of carbonyl (C=O) groups is 1. The first-order valence-corrected chi connectivity index (χ1v) is 9.33. The molecular formula is C21H27N3O. The third kappa shape index (κ3) is 4.01. The smallest absolute Gasteiger partial charge is 0.257 e. The van der Waals surface area contributed by atoms with Crippen LogP contribution in [-0.4, -0.2) is 23.5 Å². The van der Waals surface area contributed by atoms with E-state index in [1.165, 1.54) is 19.3 Å². The largest absolute Gasteiger partial charge is 0.367 e. The van der Waals surface area contributed by atoms with Crippen LogP contribution in [0.2, 0.25) is 0 Å². The number of benzene rings is 1. The fourth-order valence-electron chi connectivity index (χ4n) is 3.62. The first-order chi connectivity index (χ1) is 12.2. The van der Waals surface area contributed by atoms with Crippen molar-refractivity contribution in [3.8, 4) is 0 Å². The van der Waals surface area contributed by atoms with E-state index in [2.05, 4.69) is 29.0 Å². The molecule has 0 bridgehead atoms. The summed E-state index contributed by atoms with van der Waals surface area (Å²) in [5, 5.41) is 3.04. The summed E-state index contributed by atoms with van der Waals surface area (Å²) in [5.74, 6) is -0.0969. The molecule has 1 saturated heterocycles. The number of piperidine rings is 1. The van der Waals surface area contributed by atoms with Gasteiger partial charge in [0.2, 0.25) is 0 Å². The molecule has 0 saturated carbocycles. The molecule has 3 rings (SSSR count). The van der Waals surface area contributed by atoms with Crippen LogP contribution in [0.5, 0.6) is 0 Å². The third-order valence-electron chi connectivity index (χ3n) is 5.06. The van der Waals surface area contributed by atoms with Crippen molar-refractivity contribution in [2.24, 2.45) is 0 Å². The number of nitrogens with one attached hydrogen (secondary N) is 1. The zero-order valence-electron chi connectivity index (χ0n) is 15.2. The van der Waals surface area contributed by atoms with E-state index in [0.29, 0.717) is 11.6 Å². The second kappa shape index (κ2) is 8.15. The van der Waals surface area contributed by atoms with Crippen molar-refractivity contribution in [2.75, 3.05) is 16.8 Å². The third-order valence-corrected chi connectivity index (χ3v) is 5.06. The molecule has 1 unspecified atom stereocenters. The Morgan fingerprint density at radius 1 is 1.24 bits per heavy atom. The van der Waals surface area contributed by atoms with Gasteiger partial charge in [0, 0.05) is 24.5 Å². The topological polar surface area (TPSA) is 45.2 Å². The van der Waals surface area contributed by atoms with Crippen molar-refractivity contribution in [1.29, 1.82) is 0 Å². The molecule has 0 spiro atoms. The average Bonchev–Trinajstić information content (AvgIpc) is 2.68. The number of aryl methyl sites for hydroxylation is 1. The first kappa shape index (κ1) is 17.5. The second-order valence-corrected chi connectivity index (χ2v) is 6.65. The van der Waals surface area contributed by atoms with Crippen LogP contribution in [0.15, 0.2) is 42.7 Å². The Morgan fingerprint density at radius 2 is 2.08 bits per heavy atom. The number of hydrogen-bond acceptors (Lipinski definition) is 3. The molecule has 2 heterocycles. The minimum absolute atomic E-state index is 0.0969. The highest BCUT2D eigenvalue weighted by Gasteiger charge is 2.22. The SMILES string of the molecule is CCc1ccccc1NC(=O)c1cncc(N2CCCCC2CC)c1. The standard InChI is InChI=1S/C21H27N3O/c1-3-16-9-5-6-11-20(16)23-21(25)17-13-19(15-22-14-17)24-12-8-7-10-18(24)4-2/h5-6,9,11,13-15,18H,3-4,7-8,10,12H2,1-2H3,(H,23,25). The van der Waals surface area contributed by atoms with Gasteiger partial charge in [0.05, 0.1) is 17.4 Å². The zero-order chi connectivity index (χ0) is 17.6. The van der Waals surface area contributed by atoms with Gasteiger partial charge in [0.25, 0.3) is 5.91 Å². The molecule has 4 nitrogen and oxygen atoms in total. The van der Waals surface area contributed by atoms with E-state index < -0.39 is 0 Å². The molecule has 1 aromatic heterocycles. The van der Waals surface area contributed by atoms with Crippen LogP contribution in [0, 0.1) is 0 Å². The lowest BCUT2D eigenvalue weighted by Gasteiger charge is -2.37. The quantitative estimate of drug-likeness (QED) is 0.862. The fraction of sp³-hybridized carbons (Fsp3) is 0.429. The lowest BCUT2D eigenvalue weighted by molar-refractivity contribution is 0.102. The molecule has 1 aliphatic rings. The molecular weight excluding hydrogens is 310 g/mol. The van der Waals surface area contributed by atoms with Gasteiger partial charge in [0.15, 0.2) is 0 Å². The maximum Gasteiger partial charge on any atom is 0.257 e. The number of pyridine rings is 1. The fourth-order valence-corrected chi connectivity index (χ4v) is 3.62. The monoisotopic (exact) mass is 337 g/mol. The molecule has 1 fully saturated rings. The van der Waals surface area contributed by atoms with E-state index in [1.54, 1.807) is 6.20 Å². The lowest BCUT2D eigenvalue weighted by atomic mass is 9.99. The van der Waals surface area contributed by atoms with Crippen molar-refractivity contribution in [3.05, 3.63) is 53.9 Å². The van der Waals surface area contributed by atoms with Crippen LogP contribution in [-0.2, 0) is 6.42 Å². The highest BCUT2D eigenvalue weighted by Crippen LogP contribution is 2.27. The van der Waals surface area contributed by atoms with Crippen LogP contribution in [0.25, 0.3) is 0 Å². The van der Waals surface area contributed by atoms with E-state index in [1.807, 2.05) is 36.5 Å². The molecule has 1 N–H and O–H groups in total. The molecule has 0 aliphatic carbocycles. The molecule has 4 heteroatoms. The van der Waals surface area contributed by atoms with Crippen molar-refractivity contribution in [2.45, 2.75) is 52.0 Å². The second-order valence-electron chi connectivity index (χ2n) is 6.65. The molecule has 132 valence electrons. The summed E-state index contributed by atoms with van der Waals surface area (Å²) >= 11 is 0. The van der Waals surface area contributed by atoms with Gasteiger partial charge in [-0.05, 0) is 49.8 Å². The lowest BCUT2D eigenvalue weighted by Crippen LogP contribution is -2.39. The molecule has 1 aromatic carbocycles. The van der Waals surface area contributed by atoms with E-state index in [4.69, 9.17) is 0 Å². The maximum atomic E-state index is 12.7. The molecule has 2 aromatic rings. The van der Waals surface area contributed by atoms with Gasteiger partial charge >= 0.3 is 0 Å². The number of rotatable bonds is 5. The highest BCUT2D eigenvalue weighted by molar-refractivity contribution is 6.05. The average molecular weight is 337 g/mol. The molecule has 25 heavy (non-hydrogen) atoms. The minimum atomic E-state index is -0.0969. The Bertz CT molecular complexity index is 729. The van der Waals surface area contributed by atoms with Crippen molar-refractivity contribution in [3.63, 3.8) is 0 Å². The summed E-state index contributed by atoms with van der Waals surface area (Å²) in [7, 11) is 0. The maximum absolute atomic E-state index is 12.7. The number of hydrogen-bond donors (Lipinski definition) is 1. The normalized spacial score (nSPS) is 17.4. The van der Waals surface area contributed by atoms with Crippen molar-refractivity contribution >= 4 is 17.3 Å². The van der Waals surface area contributed by atoms with Crippen LogP contribution >= 0.6 is 0 Å². The van der Waals surface area contributed by atoms with Crippen LogP contribution < -0.4 is 10.2 Å². The van der Waals surface area contributed by atoms with Crippen molar-refractivity contribution in [1.82, 2.24) is 4.98 Å². The number of carbonyl (C=O) groups excluding carboxylic acids is 1. The van der Waals surface area contributed by atoms with Gasteiger partial charge in [-0.25, -0.2) is 0 Å². The van der Waals surface area contributed by atoms with E-state index in [0.717, 1.165) is 36.3 Å². The van der Waals surface area contributed by atoms with Crippen LogP contribution in [0.4, 0.5) is 11.4 Å². The summed E-state index contributed by atoms with van der Waals surface area (Å²) in [6.07, 6.45) is 9.26. The van der Waals surface area contributed by atoms with Crippen LogP contribution in [0.1, 0.15) is 55.5 Å². The van der Waals surface area contributed by atoms with Crippen molar-refractivity contribution < 1.29 is 4.79 Å². The number of amides is 1. The Kier molecular flexibility index (Phi) is 5.69. The Hall–Kier alpha value is -2.36. The Balaban J connectivity index is 1.80. The summed E-state index contributed by atoms with van der Waals surface area (Å²) in [4.78, 5) is 19.4. The number of aromatic nitrogens is 1. The highest BCUT2D eigenvalue weighted by atomic mass is 16.1. The van der Waals surface area contributed by atoms with Gasteiger partial charge in [-0.15, -0.1) is 0 Å². The predicted octanol–water partition coefficient (Wildman–Crippen LogP) is 4.67. The molecule has 0 radical (unpaired) electrons. The van der Waals surface area contributed by atoms with Gasteiger partial charge in [0.1, 0.15) is 0 Å². The van der Waals surface area contributed by atoms with E-state index in [9.17, 15) is 4.79 Å². The summed E-state index contributed by atoms with van der Waals surface area (Å²) in [5.41, 5.74) is 3.69. The van der Waals surface area contributed by atoms with E-state index in [-0.39, 0.29) is 5.91 Å². The Labute approximate surface area is 150 Å². The number of anilines is 2. The predicted molar refractivity (Wildman–Crippen MR) is 103 cm³/mol. The summed E-state index contributed by atoms with van der Waals surface area (Å²) < 4.78 is 0. The molecule has 1 aliphatic heterocycles.